The summed E-state index contributed by atoms with van der Waals surface area (Å²) in [5.74, 6) is 0.945. The van der Waals surface area contributed by atoms with Crippen LogP contribution in [0, 0.1) is 6.92 Å². The van der Waals surface area contributed by atoms with Gasteiger partial charge in [-0.2, -0.15) is 0 Å². The van der Waals surface area contributed by atoms with Crippen LogP contribution in [-0.2, 0) is 17.6 Å². The van der Waals surface area contributed by atoms with Gasteiger partial charge < -0.3 is 19.2 Å². The summed E-state index contributed by atoms with van der Waals surface area (Å²) < 4.78 is 16.2. The minimum absolute atomic E-state index is 0.0712. The largest absolute Gasteiger partial charge is 0.497 e. The van der Waals surface area contributed by atoms with Crippen molar-refractivity contribution in [3.63, 3.8) is 0 Å². The van der Waals surface area contributed by atoms with Gasteiger partial charge in [-0.05, 0) is 55.2 Å². The summed E-state index contributed by atoms with van der Waals surface area (Å²) in [4.78, 5) is 25.0. The Balaban J connectivity index is 1.70. The molecule has 1 N–H and O–H groups in total. The molecule has 168 valence electrons. The minimum Gasteiger partial charge on any atom is -0.497 e. The maximum absolute atomic E-state index is 12.6. The third-order valence-corrected chi connectivity index (χ3v) is 5.34. The highest BCUT2D eigenvalue weighted by Crippen LogP contribution is 2.32. The molecule has 0 aliphatic heterocycles. The Bertz CT molecular complexity index is 1200. The lowest BCUT2D eigenvalue weighted by molar-refractivity contribution is -0.120. The van der Waals surface area contributed by atoms with E-state index >= 15 is 0 Å². The van der Waals surface area contributed by atoms with Gasteiger partial charge >= 0.3 is 5.63 Å². The second-order valence-corrected chi connectivity index (χ2v) is 8.05. The van der Waals surface area contributed by atoms with Crippen molar-refractivity contribution in [1.29, 1.82) is 0 Å². The number of methoxy groups -OCH3 is 1. The predicted octanol–water partition coefficient (Wildman–Crippen LogP) is 4.62. The van der Waals surface area contributed by atoms with E-state index in [4.69, 9.17) is 25.5 Å². The monoisotopic (exact) mass is 455 g/mol. The molecule has 7 heteroatoms. The van der Waals surface area contributed by atoms with Crippen LogP contribution >= 0.6 is 11.6 Å². The van der Waals surface area contributed by atoms with Gasteiger partial charge in [0.15, 0.2) is 0 Å². The minimum atomic E-state index is -0.548. The van der Waals surface area contributed by atoms with Gasteiger partial charge in [0, 0.05) is 18.0 Å². The van der Waals surface area contributed by atoms with Crippen LogP contribution in [0.15, 0.2) is 57.8 Å². The van der Waals surface area contributed by atoms with Crippen molar-refractivity contribution >= 4 is 28.5 Å². The van der Waals surface area contributed by atoms with E-state index in [0.29, 0.717) is 52.4 Å². The van der Waals surface area contributed by atoms with Crippen LogP contribution in [0.5, 0.6) is 11.5 Å². The lowest BCUT2D eigenvalue weighted by Gasteiger charge is -2.12. The van der Waals surface area contributed by atoms with Gasteiger partial charge in [-0.1, -0.05) is 30.3 Å². The molecule has 2 aromatic carbocycles. The van der Waals surface area contributed by atoms with Gasteiger partial charge in [0.1, 0.15) is 23.7 Å². The number of aryl methyl sites for hydroxylation is 1. The summed E-state index contributed by atoms with van der Waals surface area (Å²) in [7, 11) is 1.62. The number of rotatable bonds is 9. The molecule has 0 saturated heterocycles. The van der Waals surface area contributed by atoms with E-state index < -0.39 is 5.63 Å². The molecule has 0 bridgehead atoms. The van der Waals surface area contributed by atoms with Crippen molar-refractivity contribution in [2.24, 2.45) is 0 Å². The first-order chi connectivity index (χ1) is 15.3. The highest BCUT2D eigenvalue weighted by atomic mass is 35.5. The summed E-state index contributed by atoms with van der Waals surface area (Å²) in [6, 6.07) is 10.9. The fourth-order valence-electron chi connectivity index (χ4n) is 3.27. The smallest absolute Gasteiger partial charge is 0.340 e. The van der Waals surface area contributed by atoms with E-state index in [0.717, 1.165) is 16.9 Å². The average Bonchev–Trinajstić information content (AvgIpc) is 2.76. The van der Waals surface area contributed by atoms with Gasteiger partial charge in [0.2, 0.25) is 5.91 Å². The molecule has 0 atom stereocenters. The molecule has 32 heavy (non-hydrogen) atoms. The van der Waals surface area contributed by atoms with Gasteiger partial charge in [-0.3, -0.25) is 4.79 Å². The molecule has 0 fully saturated rings. The first-order valence-corrected chi connectivity index (χ1v) is 10.6. The van der Waals surface area contributed by atoms with Gasteiger partial charge in [0.05, 0.1) is 24.1 Å². The molecule has 0 unspecified atom stereocenters. The zero-order chi connectivity index (χ0) is 23.3. The fraction of sp³-hybridized carbons (Fsp3) is 0.280. The van der Waals surface area contributed by atoms with Crippen molar-refractivity contribution < 1.29 is 18.7 Å². The number of fused-ring (bicyclic) bond motifs is 1. The van der Waals surface area contributed by atoms with E-state index in [1.807, 2.05) is 31.2 Å². The van der Waals surface area contributed by atoms with E-state index in [-0.39, 0.29) is 12.3 Å². The highest BCUT2D eigenvalue weighted by molar-refractivity contribution is 6.32. The fourth-order valence-corrected chi connectivity index (χ4v) is 3.49. The van der Waals surface area contributed by atoms with Crippen LogP contribution in [0.25, 0.3) is 11.0 Å². The molecule has 0 radical (unpaired) electrons. The lowest BCUT2D eigenvalue weighted by atomic mass is 10.0. The number of benzene rings is 2. The molecule has 1 heterocycles. The molecule has 1 aromatic heterocycles. The average molecular weight is 456 g/mol. The Morgan fingerprint density at radius 3 is 2.59 bits per heavy atom. The van der Waals surface area contributed by atoms with Crippen LogP contribution in [0.4, 0.5) is 0 Å². The van der Waals surface area contributed by atoms with Crippen molar-refractivity contribution in [3.8, 4) is 11.5 Å². The number of hydrogen-bond donors (Lipinski definition) is 1. The van der Waals surface area contributed by atoms with Crippen molar-refractivity contribution in [1.82, 2.24) is 5.32 Å². The van der Waals surface area contributed by atoms with E-state index in [2.05, 4.69) is 11.9 Å². The summed E-state index contributed by atoms with van der Waals surface area (Å²) >= 11 is 6.34. The molecule has 1 amide bonds. The van der Waals surface area contributed by atoms with Crippen LogP contribution in [0.2, 0.25) is 5.02 Å². The van der Waals surface area contributed by atoms with E-state index in [1.165, 1.54) is 0 Å². The second kappa shape index (κ2) is 10.4. The van der Waals surface area contributed by atoms with Crippen LogP contribution in [-0.4, -0.2) is 26.2 Å². The zero-order valence-electron chi connectivity index (χ0n) is 18.4. The Kier molecular flexibility index (Phi) is 7.59. The number of nitrogens with one attached hydrogen (secondary N) is 1. The molecule has 0 aliphatic carbocycles. The topological polar surface area (TPSA) is 77.8 Å². The first kappa shape index (κ1) is 23.4. The normalized spacial score (nSPS) is 10.8. The third-order valence-electron chi connectivity index (χ3n) is 5.05. The van der Waals surface area contributed by atoms with Crippen molar-refractivity contribution in [2.75, 3.05) is 20.3 Å². The molecular formula is C25H26ClNO5. The Morgan fingerprint density at radius 2 is 1.94 bits per heavy atom. The number of carbonyl (C=O) groups is 1. The summed E-state index contributed by atoms with van der Waals surface area (Å²) in [5.41, 5.74) is 2.70. The standard InChI is InChI=1S/C25H26ClNO5/c1-15(2)14-31-23-13-22-19(11-21(23)26)16(3)20(25(29)32-22)12-24(28)27-10-9-17-5-7-18(30-4)8-6-17/h5-8,11,13H,1,9-10,12,14H2,2-4H3,(H,27,28). The van der Waals surface area contributed by atoms with Gasteiger partial charge in [-0.15, -0.1) is 0 Å². The number of ether oxygens (including phenoxy) is 2. The molecule has 0 spiro atoms. The Morgan fingerprint density at radius 1 is 1.22 bits per heavy atom. The molecule has 6 nitrogen and oxygen atoms in total. The Labute approximate surface area is 191 Å². The highest BCUT2D eigenvalue weighted by Gasteiger charge is 2.17. The number of carbonyl (C=O) groups excluding carboxylic acids is 1. The van der Waals surface area contributed by atoms with Gasteiger partial charge in [0.25, 0.3) is 0 Å². The molecule has 0 aliphatic rings. The summed E-state index contributed by atoms with van der Waals surface area (Å²) in [6.07, 6.45) is 0.599. The second-order valence-electron chi connectivity index (χ2n) is 7.64. The molecule has 0 saturated carbocycles. The van der Waals surface area contributed by atoms with Crippen LogP contribution in [0.3, 0.4) is 0 Å². The van der Waals surface area contributed by atoms with Crippen LogP contribution < -0.4 is 20.4 Å². The van der Waals surface area contributed by atoms with Crippen molar-refractivity contribution in [2.45, 2.75) is 26.7 Å². The van der Waals surface area contributed by atoms with Gasteiger partial charge in [-0.25, -0.2) is 4.79 Å². The summed E-state index contributed by atoms with van der Waals surface area (Å²) in [5, 5.41) is 3.91. The SMILES string of the molecule is C=C(C)COc1cc2oc(=O)c(CC(=O)NCCc3ccc(OC)cc3)c(C)c2cc1Cl. The molecular weight excluding hydrogens is 430 g/mol. The first-order valence-electron chi connectivity index (χ1n) is 10.2. The van der Waals surface area contributed by atoms with E-state index in [1.54, 1.807) is 26.2 Å². The zero-order valence-corrected chi connectivity index (χ0v) is 19.2. The predicted molar refractivity (Wildman–Crippen MR) is 126 cm³/mol. The quantitative estimate of drug-likeness (QED) is 0.376. The lowest BCUT2D eigenvalue weighted by Crippen LogP contribution is -2.29. The number of halogens is 1. The molecule has 3 aromatic rings. The summed E-state index contributed by atoms with van der Waals surface area (Å²) in [6.45, 7) is 8.18. The molecule has 3 rings (SSSR count). The van der Waals surface area contributed by atoms with E-state index in [9.17, 15) is 9.59 Å². The van der Waals surface area contributed by atoms with Crippen molar-refractivity contribution in [3.05, 3.63) is 80.7 Å². The number of amides is 1. The van der Waals surface area contributed by atoms with Crippen LogP contribution in [0.1, 0.15) is 23.6 Å². The maximum atomic E-state index is 12.6. The maximum Gasteiger partial charge on any atom is 0.340 e. The number of hydrogen-bond acceptors (Lipinski definition) is 5. The Hall–Kier alpha value is -3.25. The third kappa shape index (κ3) is 5.71.